The highest BCUT2D eigenvalue weighted by molar-refractivity contribution is 7.18. The van der Waals surface area contributed by atoms with Gasteiger partial charge in [-0.25, -0.2) is 9.97 Å². The van der Waals surface area contributed by atoms with Gasteiger partial charge in [-0.05, 0) is 29.3 Å². The summed E-state index contributed by atoms with van der Waals surface area (Å²) in [6.07, 6.45) is 1.61. The van der Waals surface area contributed by atoms with Crippen LogP contribution in [0.3, 0.4) is 0 Å². The molecule has 1 fully saturated rings. The van der Waals surface area contributed by atoms with Crippen LogP contribution in [0.5, 0.6) is 6.01 Å². The predicted octanol–water partition coefficient (Wildman–Crippen LogP) is 3.61. The van der Waals surface area contributed by atoms with Crippen molar-refractivity contribution in [2.24, 2.45) is 0 Å². The van der Waals surface area contributed by atoms with Crippen LogP contribution >= 0.6 is 11.3 Å². The number of nitrogens with zero attached hydrogens (tertiary/aromatic N) is 6. The highest BCUT2D eigenvalue weighted by atomic mass is 32.1. The van der Waals surface area contributed by atoms with Crippen LogP contribution in [0.15, 0.2) is 60.8 Å². The molecule has 5 rings (SSSR count). The van der Waals surface area contributed by atoms with Gasteiger partial charge in [0.05, 0.1) is 35.6 Å². The number of thiazole rings is 1. The van der Waals surface area contributed by atoms with Crippen LogP contribution < -0.4 is 4.74 Å². The van der Waals surface area contributed by atoms with E-state index in [0.717, 1.165) is 48.5 Å². The van der Waals surface area contributed by atoms with E-state index in [9.17, 15) is 10.1 Å². The number of aromatic nitrogens is 3. The number of carbonyl (C=O) groups is 1. The molecule has 1 atom stereocenters. The quantitative estimate of drug-likeness (QED) is 0.301. The molecule has 38 heavy (non-hydrogen) atoms. The van der Waals surface area contributed by atoms with Crippen LogP contribution in [0.25, 0.3) is 10.2 Å². The van der Waals surface area contributed by atoms with Crippen molar-refractivity contribution in [2.45, 2.75) is 19.1 Å². The summed E-state index contributed by atoms with van der Waals surface area (Å²) >= 11 is 1.50. The van der Waals surface area contributed by atoms with Gasteiger partial charge < -0.3 is 9.47 Å². The molecule has 0 saturated carbocycles. The lowest BCUT2D eigenvalue weighted by Gasteiger charge is -2.34. The topological polar surface area (TPSA) is 104 Å². The zero-order valence-corrected chi connectivity index (χ0v) is 21.9. The van der Waals surface area contributed by atoms with Crippen molar-refractivity contribution in [3.8, 4) is 12.1 Å². The van der Waals surface area contributed by atoms with Gasteiger partial charge in [0.1, 0.15) is 17.5 Å². The van der Waals surface area contributed by atoms with E-state index in [-0.39, 0.29) is 12.0 Å². The average molecular weight is 529 g/mol. The standard InChI is InChI=1S/C28H28N6O3S/c1-36-26(35)18-34-14-12-33(13-15-34)17-20-6-8-21(9-7-20)19-37-28-30-11-10-23(32-28)22(16-29)27-31-24-4-2-3-5-25(24)38-27/h2-11,22H,12-15,17-19H2,1H3. The van der Waals surface area contributed by atoms with E-state index in [1.807, 2.05) is 36.4 Å². The van der Waals surface area contributed by atoms with E-state index in [4.69, 9.17) is 9.47 Å². The number of methoxy groups -OCH3 is 1. The van der Waals surface area contributed by atoms with E-state index < -0.39 is 5.92 Å². The molecule has 0 radical (unpaired) electrons. The first-order chi connectivity index (χ1) is 18.6. The zero-order valence-electron chi connectivity index (χ0n) is 21.1. The highest BCUT2D eigenvalue weighted by Gasteiger charge is 2.21. The Labute approximate surface area is 225 Å². The van der Waals surface area contributed by atoms with Crippen LogP contribution in [-0.2, 0) is 22.7 Å². The van der Waals surface area contributed by atoms with Crippen molar-refractivity contribution in [2.75, 3.05) is 39.8 Å². The van der Waals surface area contributed by atoms with Crippen molar-refractivity contribution in [3.63, 3.8) is 0 Å². The van der Waals surface area contributed by atoms with Crippen molar-refractivity contribution >= 4 is 27.5 Å². The number of esters is 1. The number of rotatable bonds is 9. The second-order valence-electron chi connectivity index (χ2n) is 9.08. The van der Waals surface area contributed by atoms with Gasteiger partial charge >= 0.3 is 12.0 Å². The molecule has 4 aromatic rings. The SMILES string of the molecule is COC(=O)CN1CCN(Cc2ccc(COc3nccc(C(C#N)c4nc5ccccc5s4)n3)cc2)CC1. The number of hydrogen-bond donors (Lipinski definition) is 0. The van der Waals surface area contributed by atoms with Crippen LogP contribution in [-0.4, -0.2) is 70.6 Å². The summed E-state index contributed by atoms with van der Waals surface area (Å²) in [7, 11) is 1.42. The van der Waals surface area contributed by atoms with Gasteiger partial charge in [0, 0.05) is 38.9 Å². The van der Waals surface area contributed by atoms with Gasteiger partial charge in [0.25, 0.3) is 0 Å². The molecular weight excluding hydrogens is 500 g/mol. The minimum Gasteiger partial charge on any atom is -0.468 e. The first-order valence-electron chi connectivity index (χ1n) is 12.4. The lowest BCUT2D eigenvalue weighted by molar-refractivity contribution is -0.142. The number of nitriles is 1. The van der Waals surface area contributed by atoms with Crippen molar-refractivity contribution in [1.29, 1.82) is 5.26 Å². The summed E-state index contributed by atoms with van der Waals surface area (Å²) < 4.78 is 11.7. The minimum atomic E-state index is -0.584. The molecule has 1 unspecified atom stereocenters. The molecule has 9 nitrogen and oxygen atoms in total. The molecule has 0 aliphatic carbocycles. The molecule has 0 amide bonds. The van der Waals surface area contributed by atoms with Gasteiger partial charge in [-0.1, -0.05) is 36.4 Å². The predicted molar refractivity (Wildman–Crippen MR) is 144 cm³/mol. The fraction of sp³-hybridized carbons (Fsp3) is 0.321. The Balaban J connectivity index is 1.15. The number of para-hydroxylation sites is 1. The van der Waals surface area contributed by atoms with E-state index >= 15 is 0 Å². The summed E-state index contributed by atoms with van der Waals surface area (Å²) in [6.45, 7) is 5.07. The molecule has 1 aliphatic heterocycles. The third-order valence-electron chi connectivity index (χ3n) is 6.48. The van der Waals surface area contributed by atoms with Crippen LogP contribution in [0, 0.1) is 11.3 Å². The monoisotopic (exact) mass is 528 g/mol. The number of ether oxygens (including phenoxy) is 2. The molecule has 3 heterocycles. The van der Waals surface area contributed by atoms with Crippen LogP contribution in [0.1, 0.15) is 27.7 Å². The molecule has 2 aromatic carbocycles. The molecule has 10 heteroatoms. The Bertz CT molecular complexity index is 1390. The number of benzene rings is 2. The molecule has 194 valence electrons. The Kier molecular flexibility index (Phi) is 8.19. The summed E-state index contributed by atoms with van der Waals surface area (Å²) in [5.74, 6) is -0.772. The maximum Gasteiger partial charge on any atom is 0.319 e. The van der Waals surface area contributed by atoms with Crippen LogP contribution in [0.2, 0.25) is 0 Å². The van der Waals surface area contributed by atoms with E-state index in [1.54, 1.807) is 12.3 Å². The van der Waals surface area contributed by atoms with Gasteiger partial charge in [-0.15, -0.1) is 11.3 Å². The second kappa shape index (κ2) is 12.1. The fourth-order valence-electron chi connectivity index (χ4n) is 4.35. The Morgan fingerprint density at radius 2 is 1.76 bits per heavy atom. The van der Waals surface area contributed by atoms with Gasteiger partial charge in [-0.3, -0.25) is 14.6 Å². The first kappa shape index (κ1) is 25.7. The lowest BCUT2D eigenvalue weighted by Crippen LogP contribution is -2.47. The van der Waals surface area contributed by atoms with Gasteiger partial charge in [0.15, 0.2) is 0 Å². The maximum absolute atomic E-state index is 11.5. The van der Waals surface area contributed by atoms with Crippen molar-refractivity contribution in [3.05, 3.63) is 82.6 Å². The Morgan fingerprint density at radius 3 is 2.50 bits per heavy atom. The van der Waals surface area contributed by atoms with E-state index in [2.05, 4.69) is 43.0 Å². The molecule has 1 aliphatic rings. The third-order valence-corrected chi connectivity index (χ3v) is 7.58. The van der Waals surface area contributed by atoms with Gasteiger partial charge in [-0.2, -0.15) is 10.2 Å². The highest BCUT2D eigenvalue weighted by Crippen LogP contribution is 2.31. The largest absolute Gasteiger partial charge is 0.468 e. The smallest absolute Gasteiger partial charge is 0.319 e. The average Bonchev–Trinajstić information content (AvgIpc) is 3.38. The Hall–Kier alpha value is -3.91. The number of piperazine rings is 1. The van der Waals surface area contributed by atoms with E-state index in [0.29, 0.717) is 23.9 Å². The molecule has 2 aromatic heterocycles. The summed E-state index contributed by atoms with van der Waals surface area (Å²) in [5, 5.41) is 10.6. The number of carbonyl (C=O) groups excluding carboxylic acids is 1. The summed E-state index contributed by atoms with van der Waals surface area (Å²) in [4.78, 5) is 29.3. The normalized spacial score (nSPS) is 15.2. The molecular formula is C28H28N6O3S. The van der Waals surface area contributed by atoms with Crippen LogP contribution in [0.4, 0.5) is 0 Å². The van der Waals surface area contributed by atoms with Crippen molar-refractivity contribution in [1.82, 2.24) is 24.8 Å². The number of fused-ring (bicyclic) bond motifs is 1. The van der Waals surface area contributed by atoms with E-state index in [1.165, 1.54) is 24.0 Å². The van der Waals surface area contributed by atoms with Crippen molar-refractivity contribution < 1.29 is 14.3 Å². The second-order valence-corrected chi connectivity index (χ2v) is 10.1. The third kappa shape index (κ3) is 6.31. The molecule has 0 N–H and O–H groups in total. The molecule has 0 bridgehead atoms. The first-order valence-corrected chi connectivity index (χ1v) is 13.2. The lowest BCUT2D eigenvalue weighted by atomic mass is 10.1. The minimum absolute atomic E-state index is 0.188. The maximum atomic E-state index is 11.5. The number of hydrogen-bond acceptors (Lipinski definition) is 10. The zero-order chi connectivity index (χ0) is 26.3. The summed E-state index contributed by atoms with van der Waals surface area (Å²) in [5.41, 5.74) is 3.68. The van der Waals surface area contributed by atoms with Gasteiger partial charge in [0.2, 0.25) is 0 Å². The summed E-state index contributed by atoms with van der Waals surface area (Å²) in [6, 6.07) is 20.4. The fourth-order valence-corrected chi connectivity index (χ4v) is 5.37. The molecule has 1 saturated heterocycles. The molecule has 0 spiro atoms. The Morgan fingerprint density at radius 1 is 1.03 bits per heavy atom.